The second-order valence-electron chi connectivity index (χ2n) is 8.90. The van der Waals surface area contributed by atoms with Gasteiger partial charge >= 0.3 is 0 Å². The summed E-state index contributed by atoms with van der Waals surface area (Å²) >= 11 is 31.5. The van der Waals surface area contributed by atoms with E-state index in [2.05, 4.69) is 5.32 Å². The van der Waals surface area contributed by atoms with Crippen LogP contribution in [-0.4, -0.2) is 20.6 Å². The Morgan fingerprint density at radius 2 is 1.69 bits per heavy atom. The number of carbonyl (C=O) groups excluding carboxylic acids is 2. The van der Waals surface area contributed by atoms with Crippen molar-refractivity contribution < 1.29 is 9.59 Å². The number of nitrogens with zero attached hydrogens (tertiary/aromatic N) is 1. The molecule has 184 valence electrons. The molecule has 1 N–H and O–H groups in total. The van der Waals surface area contributed by atoms with Gasteiger partial charge in [0.2, 0.25) is 5.91 Å². The highest BCUT2D eigenvalue weighted by Crippen LogP contribution is 2.65. The number of rotatable bonds is 6. The van der Waals surface area contributed by atoms with Gasteiger partial charge in [-0.25, -0.2) is 0 Å². The van der Waals surface area contributed by atoms with E-state index in [9.17, 15) is 9.59 Å². The normalized spacial score (nSPS) is 18.3. The molecule has 0 bridgehead atoms. The minimum Gasteiger partial charge on any atom is -0.350 e. The van der Waals surface area contributed by atoms with Crippen molar-refractivity contribution in [1.82, 2.24) is 4.57 Å². The number of ketones is 1. The van der Waals surface area contributed by atoms with Gasteiger partial charge in [0, 0.05) is 46.9 Å². The van der Waals surface area contributed by atoms with Crippen molar-refractivity contribution in [3.63, 3.8) is 0 Å². The van der Waals surface area contributed by atoms with Crippen LogP contribution in [0.25, 0.3) is 10.9 Å². The molecule has 3 aromatic carbocycles. The Labute approximate surface area is 233 Å². The van der Waals surface area contributed by atoms with E-state index in [1.807, 2.05) is 42.1 Å². The number of fused-ring (bicyclic) bond motifs is 1. The number of aryl methyl sites for hydroxylation is 1. The Morgan fingerprint density at radius 1 is 0.972 bits per heavy atom. The number of carbonyl (C=O) groups is 2. The lowest BCUT2D eigenvalue weighted by Crippen LogP contribution is -2.17. The van der Waals surface area contributed by atoms with Crippen molar-refractivity contribution in [2.24, 2.45) is 13.0 Å². The molecule has 0 radical (unpaired) electrons. The molecular weight excluding hydrogens is 562 g/mol. The summed E-state index contributed by atoms with van der Waals surface area (Å²) in [5, 5.41) is 5.04. The van der Waals surface area contributed by atoms with Crippen LogP contribution in [-0.2, 0) is 18.3 Å². The summed E-state index contributed by atoms with van der Waals surface area (Å²) in [6.45, 7) is 0. The number of anilines is 1. The van der Waals surface area contributed by atoms with Crippen molar-refractivity contribution in [1.29, 1.82) is 0 Å². The van der Waals surface area contributed by atoms with Crippen LogP contribution in [0.4, 0.5) is 5.69 Å². The first kappa shape index (κ1) is 25.4. The SMILES string of the molecule is Cn1ccc2cccc(CC(=O)c3cc(NC(=O)C4C(c5cc(Cl)cc(Cl)c5)C4(Cl)Cl)ccc3Cl)c21. The van der Waals surface area contributed by atoms with Crippen LogP contribution < -0.4 is 5.32 Å². The van der Waals surface area contributed by atoms with Crippen LogP contribution in [0.1, 0.15) is 27.4 Å². The fourth-order valence-electron chi connectivity index (χ4n) is 4.71. The zero-order valence-electron chi connectivity index (χ0n) is 18.9. The van der Waals surface area contributed by atoms with Gasteiger partial charge in [0.1, 0.15) is 4.33 Å². The number of hydrogen-bond acceptors (Lipinski definition) is 2. The number of aromatic nitrogens is 1. The molecule has 5 rings (SSSR count). The summed E-state index contributed by atoms with van der Waals surface area (Å²) in [4.78, 5) is 26.3. The quantitative estimate of drug-likeness (QED) is 0.185. The Hall–Kier alpha value is -2.21. The lowest BCUT2D eigenvalue weighted by Gasteiger charge is -2.10. The van der Waals surface area contributed by atoms with E-state index in [4.69, 9.17) is 58.0 Å². The van der Waals surface area contributed by atoms with E-state index < -0.39 is 16.2 Å². The number of para-hydroxylation sites is 1. The van der Waals surface area contributed by atoms with Crippen molar-refractivity contribution in [3.05, 3.63) is 98.6 Å². The highest BCUT2D eigenvalue weighted by Gasteiger charge is 2.67. The molecule has 1 heterocycles. The maximum absolute atomic E-state index is 13.2. The average Bonchev–Trinajstić information content (AvgIpc) is 3.19. The molecule has 2 atom stereocenters. The Balaban J connectivity index is 1.36. The van der Waals surface area contributed by atoms with Gasteiger partial charge in [0.15, 0.2) is 5.78 Å². The van der Waals surface area contributed by atoms with Crippen LogP contribution in [0.2, 0.25) is 15.1 Å². The largest absolute Gasteiger partial charge is 0.350 e. The zero-order chi connectivity index (χ0) is 25.8. The maximum atomic E-state index is 13.2. The van der Waals surface area contributed by atoms with Crippen LogP contribution in [0, 0.1) is 5.92 Å². The average molecular weight is 581 g/mol. The molecular formula is C27H19Cl5N2O2. The third-order valence-electron chi connectivity index (χ3n) is 6.45. The molecule has 0 aliphatic heterocycles. The summed E-state index contributed by atoms with van der Waals surface area (Å²) in [7, 11) is 1.94. The standard InChI is InChI=1S/C27H19Cl5N2O2/c1-34-8-7-14-3-2-4-15(25(14)34)11-22(35)20-13-19(5-6-21(20)30)33-26(36)24-23(27(24,31)32)16-9-17(28)12-18(29)10-16/h2-10,12-13,23-24H,11H2,1H3,(H,33,36). The number of hydrogen-bond donors (Lipinski definition) is 1. The molecule has 1 aliphatic rings. The third-order valence-corrected chi connectivity index (χ3v) is 8.15. The van der Waals surface area contributed by atoms with Crippen molar-refractivity contribution in [2.75, 3.05) is 5.32 Å². The first-order valence-electron chi connectivity index (χ1n) is 11.1. The molecule has 1 aliphatic carbocycles. The molecule has 0 saturated heterocycles. The highest BCUT2D eigenvalue weighted by atomic mass is 35.5. The molecule has 4 aromatic rings. The van der Waals surface area contributed by atoms with Crippen molar-refractivity contribution in [2.45, 2.75) is 16.7 Å². The Morgan fingerprint density at radius 3 is 2.42 bits per heavy atom. The lowest BCUT2D eigenvalue weighted by molar-refractivity contribution is -0.117. The van der Waals surface area contributed by atoms with Crippen LogP contribution >= 0.6 is 58.0 Å². The highest BCUT2D eigenvalue weighted by molar-refractivity contribution is 6.53. The van der Waals surface area contributed by atoms with Crippen molar-refractivity contribution in [3.8, 4) is 0 Å². The molecule has 9 heteroatoms. The molecule has 0 spiro atoms. The molecule has 2 unspecified atom stereocenters. The van der Waals surface area contributed by atoms with Gasteiger partial charge in [0.25, 0.3) is 0 Å². The van der Waals surface area contributed by atoms with E-state index in [1.165, 1.54) is 0 Å². The van der Waals surface area contributed by atoms with Crippen LogP contribution in [0.5, 0.6) is 0 Å². The molecule has 1 saturated carbocycles. The number of nitrogens with one attached hydrogen (secondary N) is 1. The Bertz CT molecular complexity index is 1510. The maximum Gasteiger partial charge on any atom is 0.231 e. The molecule has 1 aromatic heterocycles. The van der Waals surface area contributed by atoms with Gasteiger partial charge in [-0.05, 0) is 59.0 Å². The minimum absolute atomic E-state index is 0.160. The van der Waals surface area contributed by atoms with E-state index in [1.54, 1.807) is 36.4 Å². The van der Waals surface area contributed by atoms with E-state index in [0.717, 1.165) is 16.5 Å². The van der Waals surface area contributed by atoms with Gasteiger partial charge in [0.05, 0.1) is 16.5 Å². The fraction of sp³-hybridized carbons (Fsp3) is 0.185. The van der Waals surface area contributed by atoms with E-state index >= 15 is 0 Å². The number of amides is 1. The predicted molar refractivity (Wildman–Crippen MR) is 148 cm³/mol. The van der Waals surface area contributed by atoms with Gasteiger partial charge < -0.3 is 9.88 Å². The first-order chi connectivity index (χ1) is 17.1. The van der Waals surface area contributed by atoms with E-state index in [-0.39, 0.29) is 18.1 Å². The first-order valence-corrected chi connectivity index (χ1v) is 13.0. The van der Waals surface area contributed by atoms with Gasteiger partial charge in [-0.1, -0.05) is 53.0 Å². The van der Waals surface area contributed by atoms with Crippen molar-refractivity contribution >= 4 is 86.3 Å². The summed E-state index contributed by atoms with van der Waals surface area (Å²) in [5.74, 6) is -1.74. The summed E-state index contributed by atoms with van der Waals surface area (Å²) < 4.78 is 0.677. The van der Waals surface area contributed by atoms with Gasteiger partial charge in [-0.15, -0.1) is 23.2 Å². The van der Waals surface area contributed by atoms with Crippen LogP contribution in [0.3, 0.4) is 0 Å². The summed E-state index contributed by atoms with van der Waals surface area (Å²) in [6, 6.07) is 17.6. The van der Waals surface area contributed by atoms with E-state index in [0.29, 0.717) is 31.9 Å². The second kappa shape index (κ2) is 9.59. The number of alkyl halides is 2. The topological polar surface area (TPSA) is 51.1 Å². The Kier molecular flexibility index (Phi) is 6.78. The number of benzene rings is 3. The zero-order valence-corrected chi connectivity index (χ0v) is 22.6. The summed E-state index contributed by atoms with van der Waals surface area (Å²) in [6.07, 6.45) is 2.12. The number of halogens is 5. The van der Waals surface area contributed by atoms with Gasteiger partial charge in [-0.3, -0.25) is 9.59 Å². The monoisotopic (exact) mass is 578 g/mol. The smallest absolute Gasteiger partial charge is 0.231 e. The van der Waals surface area contributed by atoms with Crippen LogP contribution in [0.15, 0.2) is 66.9 Å². The lowest BCUT2D eigenvalue weighted by atomic mass is 10.0. The fourth-order valence-corrected chi connectivity index (χ4v) is 6.31. The summed E-state index contributed by atoms with van der Waals surface area (Å²) in [5.41, 5.74) is 3.30. The number of Topliss-reactive ketones (excluding diaryl/α,β-unsaturated/α-hetero) is 1. The minimum atomic E-state index is -1.31. The molecule has 1 amide bonds. The third kappa shape index (κ3) is 4.73. The van der Waals surface area contributed by atoms with Gasteiger partial charge in [-0.2, -0.15) is 0 Å². The second-order valence-corrected chi connectivity index (χ2v) is 11.6. The molecule has 36 heavy (non-hydrogen) atoms. The molecule has 1 fully saturated rings. The molecule has 4 nitrogen and oxygen atoms in total. The predicted octanol–water partition coefficient (Wildman–Crippen LogP) is 8.09.